The SMILES string of the molecule is Cn1nc(Cl)c2c(C3(CN)CCC3)cccc21. The Kier molecular flexibility index (Phi) is 2.42. The van der Waals surface area contributed by atoms with Crippen LogP contribution in [0.5, 0.6) is 0 Å². The molecule has 0 amide bonds. The number of benzene rings is 1. The molecule has 2 aromatic rings. The van der Waals surface area contributed by atoms with Crippen LogP contribution in [0.3, 0.4) is 0 Å². The standard InChI is InChI=1S/C13H16ClN3/c1-17-10-5-2-4-9(11(10)12(14)16-17)13(8-15)6-3-7-13/h2,4-5H,3,6-8,15H2,1H3. The van der Waals surface area contributed by atoms with Gasteiger partial charge in [-0.3, -0.25) is 4.68 Å². The Labute approximate surface area is 106 Å². The molecule has 0 radical (unpaired) electrons. The number of nitrogens with zero attached hydrogens (tertiary/aromatic N) is 2. The van der Waals surface area contributed by atoms with Gasteiger partial charge in [0.2, 0.25) is 0 Å². The van der Waals surface area contributed by atoms with Gasteiger partial charge < -0.3 is 5.73 Å². The molecule has 1 fully saturated rings. The van der Waals surface area contributed by atoms with E-state index in [1.165, 1.54) is 12.0 Å². The van der Waals surface area contributed by atoms with Crippen LogP contribution in [0, 0.1) is 0 Å². The predicted molar refractivity (Wildman–Crippen MR) is 70.3 cm³/mol. The lowest BCUT2D eigenvalue weighted by Crippen LogP contribution is -2.41. The quantitative estimate of drug-likeness (QED) is 0.889. The fraction of sp³-hybridized carbons (Fsp3) is 0.462. The molecule has 3 nitrogen and oxygen atoms in total. The number of rotatable bonds is 2. The van der Waals surface area contributed by atoms with Crippen molar-refractivity contribution in [2.45, 2.75) is 24.7 Å². The Balaban J connectivity index is 2.29. The highest BCUT2D eigenvalue weighted by Gasteiger charge is 2.39. The zero-order valence-electron chi connectivity index (χ0n) is 9.91. The van der Waals surface area contributed by atoms with Gasteiger partial charge in [-0.2, -0.15) is 5.10 Å². The summed E-state index contributed by atoms with van der Waals surface area (Å²) in [4.78, 5) is 0. The van der Waals surface area contributed by atoms with Gasteiger partial charge in [-0.05, 0) is 24.5 Å². The molecular weight excluding hydrogens is 234 g/mol. The Morgan fingerprint density at radius 2 is 2.24 bits per heavy atom. The van der Waals surface area contributed by atoms with Gasteiger partial charge in [0.05, 0.1) is 5.52 Å². The lowest BCUT2D eigenvalue weighted by molar-refractivity contribution is 0.255. The first kappa shape index (κ1) is 11.1. The van der Waals surface area contributed by atoms with Crippen LogP contribution >= 0.6 is 11.6 Å². The summed E-state index contributed by atoms with van der Waals surface area (Å²) in [5, 5.41) is 5.98. The lowest BCUT2D eigenvalue weighted by atomic mass is 9.64. The molecule has 17 heavy (non-hydrogen) atoms. The molecule has 90 valence electrons. The summed E-state index contributed by atoms with van der Waals surface area (Å²) in [6.07, 6.45) is 3.58. The zero-order chi connectivity index (χ0) is 12.0. The molecule has 1 aliphatic rings. The molecule has 0 atom stereocenters. The highest BCUT2D eigenvalue weighted by molar-refractivity contribution is 6.34. The van der Waals surface area contributed by atoms with Crippen LogP contribution < -0.4 is 5.73 Å². The van der Waals surface area contributed by atoms with Crippen molar-refractivity contribution < 1.29 is 0 Å². The maximum atomic E-state index is 6.25. The smallest absolute Gasteiger partial charge is 0.159 e. The van der Waals surface area contributed by atoms with Crippen LogP contribution in [0.1, 0.15) is 24.8 Å². The predicted octanol–water partition coefficient (Wildman–Crippen LogP) is 2.61. The Hall–Kier alpha value is -1.06. The summed E-state index contributed by atoms with van der Waals surface area (Å²) in [5.41, 5.74) is 8.48. The highest BCUT2D eigenvalue weighted by Crippen LogP contribution is 2.46. The molecule has 0 saturated heterocycles. The minimum atomic E-state index is 0.131. The second-order valence-electron chi connectivity index (χ2n) is 4.95. The van der Waals surface area contributed by atoms with Crippen LogP contribution in [0.15, 0.2) is 18.2 Å². The number of aromatic nitrogens is 2. The van der Waals surface area contributed by atoms with Gasteiger partial charge in [0.25, 0.3) is 0 Å². The number of nitrogens with two attached hydrogens (primary N) is 1. The van der Waals surface area contributed by atoms with E-state index >= 15 is 0 Å². The average molecular weight is 250 g/mol. The van der Waals surface area contributed by atoms with E-state index in [9.17, 15) is 0 Å². The van der Waals surface area contributed by atoms with E-state index in [4.69, 9.17) is 17.3 Å². The maximum absolute atomic E-state index is 6.25. The molecule has 3 rings (SSSR count). The number of aryl methyl sites for hydroxylation is 1. The summed E-state index contributed by atoms with van der Waals surface area (Å²) in [7, 11) is 1.92. The number of halogens is 1. The van der Waals surface area contributed by atoms with Crippen molar-refractivity contribution in [3.63, 3.8) is 0 Å². The van der Waals surface area contributed by atoms with E-state index < -0.39 is 0 Å². The van der Waals surface area contributed by atoms with Crippen molar-refractivity contribution in [2.75, 3.05) is 6.54 Å². The number of fused-ring (bicyclic) bond motifs is 1. The summed E-state index contributed by atoms with van der Waals surface area (Å²) >= 11 is 6.25. The van der Waals surface area contributed by atoms with Gasteiger partial charge in [-0.1, -0.05) is 30.2 Å². The summed E-state index contributed by atoms with van der Waals surface area (Å²) in [5.74, 6) is 0. The summed E-state index contributed by atoms with van der Waals surface area (Å²) < 4.78 is 1.84. The lowest BCUT2D eigenvalue weighted by Gasteiger charge is -2.42. The van der Waals surface area contributed by atoms with Gasteiger partial charge in [-0.25, -0.2) is 0 Å². The van der Waals surface area contributed by atoms with Crippen LogP contribution in [0.4, 0.5) is 0 Å². The van der Waals surface area contributed by atoms with Crippen LogP contribution in [-0.4, -0.2) is 16.3 Å². The molecular formula is C13H16ClN3. The van der Waals surface area contributed by atoms with Gasteiger partial charge >= 0.3 is 0 Å². The number of hydrogen-bond donors (Lipinski definition) is 1. The second-order valence-corrected chi connectivity index (χ2v) is 5.31. The third-order valence-electron chi connectivity index (χ3n) is 4.11. The van der Waals surface area contributed by atoms with Gasteiger partial charge in [-0.15, -0.1) is 0 Å². The molecule has 4 heteroatoms. The molecule has 1 aromatic heterocycles. The van der Waals surface area contributed by atoms with Crippen LogP contribution in [-0.2, 0) is 12.5 Å². The van der Waals surface area contributed by atoms with E-state index in [1.807, 2.05) is 11.7 Å². The van der Waals surface area contributed by atoms with Crippen molar-refractivity contribution >= 4 is 22.5 Å². The fourth-order valence-electron chi connectivity index (χ4n) is 2.89. The van der Waals surface area contributed by atoms with E-state index in [1.54, 1.807) is 0 Å². The van der Waals surface area contributed by atoms with Crippen LogP contribution in [0.25, 0.3) is 10.9 Å². The van der Waals surface area contributed by atoms with Crippen molar-refractivity contribution in [1.82, 2.24) is 9.78 Å². The zero-order valence-corrected chi connectivity index (χ0v) is 10.7. The molecule has 0 unspecified atom stereocenters. The monoisotopic (exact) mass is 249 g/mol. The van der Waals surface area contributed by atoms with Crippen molar-refractivity contribution in [3.05, 3.63) is 28.9 Å². The molecule has 0 spiro atoms. The van der Waals surface area contributed by atoms with Gasteiger partial charge in [0, 0.05) is 24.4 Å². The van der Waals surface area contributed by atoms with Crippen molar-refractivity contribution in [3.8, 4) is 0 Å². The van der Waals surface area contributed by atoms with Crippen molar-refractivity contribution in [2.24, 2.45) is 12.8 Å². The molecule has 1 aromatic carbocycles. The fourth-order valence-corrected chi connectivity index (χ4v) is 3.20. The topological polar surface area (TPSA) is 43.8 Å². The molecule has 1 aliphatic carbocycles. The van der Waals surface area contributed by atoms with E-state index in [0.717, 1.165) is 23.7 Å². The Bertz CT molecular complexity index is 564. The first-order valence-electron chi connectivity index (χ1n) is 6.00. The molecule has 0 bridgehead atoms. The average Bonchev–Trinajstić information content (AvgIpc) is 2.55. The summed E-state index contributed by atoms with van der Waals surface area (Å²) in [6, 6.07) is 6.29. The van der Waals surface area contributed by atoms with E-state index in [2.05, 4.69) is 23.3 Å². The van der Waals surface area contributed by atoms with Crippen molar-refractivity contribution in [1.29, 1.82) is 0 Å². The number of hydrogen-bond acceptors (Lipinski definition) is 2. The van der Waals surface area contributed by atoms with Gasteiger partial charge in [0.1, 0.15) is 0 Å². The normalized spacial score (nSPS) is 18.3. The molecule has 1 heterocycles. The minimum absolute atomic E-state index is 0.131. The molecule has 2 N–H and O–H groups in total. The highest BCUT2D eigenvalue weighted by atomic mass is 35.5. The van der Waals surface area contributed by atoms with E-state index in [-0.39, 0.29) is 5.41 Å². The third-order valence-corrected chi connectivity index (χ3v) is 4.37. The van der Waals surface area contributed by atoms with Gasteiger partial charge in [0.15, 0.2) is 5.15 Å². The van der Waals surface area contributed by atoms with E-state index in [0.29, 0.717) is 11.7 Å². The minimum Gasteiger partial charge on any atom is -0.330 e. The second kappa shape index (κ2) is 3.72. The molecule has 1 saturated carbocycles. The first-order chi connectivity index (χ1) is 8.18. The largest absolute Gasteiger partial charge is 0.330 e. The Morgan fingerprint density at radius 3 is 2.82 bits per heavy atom. The maximum Gasteiger partial charge on any atom is 0.159 e. The van der Waals surface area contributed by atoms with Crippen LogP contribution in [0.2, 0.25) is 5.15 Å². The summed E-state index contributed by atoms with van der Waals surface area (Å²) in [6.45, 7) is 0.692. The first-order valence-corrected chi connectivity index (χ1v) is 6.37. The third kappa shape index (κ3) is 1.42. The molecule has 0 aliphatic heterocycles. The Morgan fingerprint density at radius 1 is 1.47 bits per heavy atom.